The quantitative estimate of drug-likeness (QED) is 0.527. The van der Waals surface area contributed by atoms with Gasteiger partial charge in [-0.05, 0) is 47.0 Å². The first-order valence-corrected chi connectivity index (χ1v) is 8.89. The average Bonchev–Trinajstić information content (AvgIpc) is 2.65. The van der Waals surface area contributed by atoms with Gasteiger partial charge in [-0.2, -0.15) is 8.78 Å². The molecule has 0 fully saturated rings. The fraction of sp³-hybridized carbons (Fsp3) is 0.0952. The Morgan fingerprint density at radius 2 is 1.83 bits per heavy atom. The zero-order valence-corrected chi connectivity index (χ0v) is 15.7. The number of hydrogen-bond donors (Lipinski definition) is 2. The highest BCUT2D eigenvalue weighted by Gasteiger charge is 2.19. The van der Waals surface area contributed by atoms with Crippen molar-refractivity contribution in [1.29, 1.82) is 0 Å². The molecule has 0 bridgehead atoms. The number of hydrogen-bond acceptors (Lipinski definition) is 2. The fourth-order valence-electron chi connectivity index (χ4n) is 2.91. The number of primary amides is 1. The Hall–Kier alpha value is -3.19. The van der Waals surface area contributed by atoms with Gasteiger partial charge in [-0.25, -0.2) is 9.18 Å². The maximum atomic E-state index is 15.3. The number of anilines is 1. The number of carbonyl (C=O) groups is 1. The van der Waals surface area contributed by atoms with E-state index in [0.29, 0.717) is 16.3 Å². The Balaban J connectivity index is 1.98. The van der Waals surface area contributed by atoms with Crippen molar-refractivity contribution in [3.8, 4) is 16.9 Å². The van der Waals surface area contributed by atoms with Crippen LogP contribution >= 0.6 is 11.6 Å². The first kappa shape index (κ1) is 20.5. The Labute approximate surface area is 170 Å². The van der Waals surface area contributed by atoms with Gasteiger partial charge in [0, 0.05) is 17.1 Å². The lowest BCUT2D eigenvalue weighted by atomic mass is 9.97. The van der Waals surface area contributed by atoms with Crippen LogP contribution in [-0.4, -0.2) is 12.6 Å². The molecule has 2 amide bonds. The molecular weight excluding hydrogens is 405 g/mol. The molecule has 0 radical (unpaired) electrons. The summed E-state index contributed by atoms with van der Waals surface area (Å²) >= 11 is 5.98. The van der Waals surface area contributed by atoms with Gasteiger partial charge in [0.2, 0.25) is 0 Å². The number of urea groups is 1. The number of nitrogens with one attached hydrogen (secondary N) is 1. The summed E-state index contributed by atoms with van der Waals surface area (Å²) in [4.78, 5) is 10.9. The zero-order valence-electron chi connectivity index (χ0n) is 15.0. The van der Waals surface area contributed by atoms with E-state index in [0.717, 1.165) is 5.56 Å². The van der Waals surface area contributed by atoms with Gasteiger partial charge in [-0.1, -0.05) is 41.9 Å². The predicted octanol–water partition coefficient (Wildman–Crippen LogP) is 5.83. The first-order chi connectivity index (χ1) is 13.8. The highest BCUT2D eigenvalue weighted by molar-refractivity contribution is 6.30. The van der Waals surface area contributed by atoms with E-state index in [9.17, 15) is 13.6 Å². The SMILES string of the molecule is NC(=O)Nc1ccc(Cc2ccc(OC(F)F)c(-c3cccc(Cl)c3)c2F)cc1. The van der Waals surface area contributed by atoms with Crippen LogP contribution in [0.25, 0.3) is 11.1 Å². The van der Waals surface area contributed by atoms with Crippen LogP contribution in [0.5, 0.6) is 5.75 Å². The van der Waals surface area contributed by atoms with E-state index in [1.54, 1.807) is 42.5 Å². The lowest BCUT2D eigenvalue weighted by Crippen LogP contribution is -2.19. The third-order valence-electron chi connectivity index (χ3n) is 4.13. The van der Waals surface area contributed by atoms with Crippen LogP contribution in [-0.2, 0) is 6.42 Å². The first-order valence-electron chi connectivity index (χ1n) is 8.51. The summed E-state index contributed by atoms with van der Waals surface area (Å²) < 4.78 is 45.4. The Kier molecular flexibility index (Phi) is 6.29. The topological polar surface area (TPSA) is 64.4 Å². The van der Waals surface area contributed by atoms with E-state index < -0.39 is 18.5 Å². The number of rotatable bonds is 6. The maximum absolute atomic E-state index is 15.3. The molecule has 0 atom stereocenters. The van der Waals surface area contributed by atoms with Crippen LogP contribution in [0.1, 0.15) is 11.1 Å². The third-order valence-corrected chi connectivity index (χ3v) is 4.36. The minimum absolute atomic E-state index is 0.0858. The number of halogens is 4. The monoisotopic (exact) mass is 420 g/mol. The molecular formula is C21H16ClF3N2O2. The van der Waals surface area contributed by atoms with Crippen molar-refractivity contribution >= 4 is 23.3 Å². The summed E-state index contributed by atoms with van der Waals surface area (Å²) in [5.74, 6) is -0.950. The molecule has 0 heterocycles. The lowest BCUT2D eigenvalue weighted by molar-refractivity contribution is -0.0495. The second-order valence-corrected chi connectivity index (χ2v) is 6.60. The van der Waals surface area contributed by atoms with Gasteiger partial charge >= 0.3 is 12.6 Å². The van der Waals surface area contributed by atoms with Crippen molar-refractivity contribution in [3.63, 3.8) is 0 Å². The molecule has 3 aromatic carbocycles. The van der Waals surface area contributed by atoms with Gasteiger partial charge in [0.15, 0.2) is 0 Å². The van der Waals surface area contributed by atoms with Crippen molar-refractivity contribution in [1.82, 2.24) is 0 Å². The molecule has 8 heteroatoms. The molecule has 0 aliphatic heterocycles. The number of carbonyl (C=O) groups excluding carboxylic acids is 1. The van der Waals surface area contributed by atoms with E-state index in [-0.39, 0.29) is 23.3 Å². The standard InChI is InChI=1S/C21H16ClF3N2O2/c22-15-3-1-2-13(11-15)18-17(29-20(24)25)9-6-14(19(18)23)10-12-4-7-16(8-5-12)27-21(26)28/h1-9,11,20H,10H2,(H3,26,27,28). The Morgan fingerprint density at radius 1 is 1.10 bits per heavy atom. The predicted molar refractivity (Wildman–Crippen MR) is 106 cm³/mol. The fourth-order valence-corrected chi connectivity index (χ4v) is 3.10. The highest BCUT2D eigenvalue weighted by atomic mass is 35.5. The summed E-state index contributed by atoms with van der Waals surface area (Å²) in [7, 11) is 0. The van der Waals surface area contributed by atoms with Crippen molar-refractivity contribution in [2.24, 2.45) is 5.73 Å². The maximum Gasteiger partial charge on any atom is 0.387 e. The molecule has 0 saturated heterocycles. The van der Waals surface area contributed by atoms with Gasteiger partial charge in [0.05, 0.1) is 5.56 Å². The summed E-state index contributed by atoms with van der Waals surface area (Å²) in [6.45, 7) is -3.09. The smallest absolute Gasteiger partial charge is 0.387 e. The van der Waals surface area contributed by atoms with Crippen LogP contribution in [0.15, 0.2) is 60.7 Å². The minimum atomic E-state index is -3.09. The van der Waals surface area contributed by atoms with Crippen molar-refractivity contribution in [2.45, 2.75) is 13.0 Å². The number of benzene rings is 3. The Bertz CT molecular complexity index is 1030. The molecule has 0 aliphatic carbocycles. The summed E-state index contributed by atoms with van der Waals surface area (Å²) in [6, 6.07) is 14.9. The molecule has 0 aromatic heterocycles. The summed E-state index contributed by atoms with van der Waals surface area (Å²) in [6.07, 6.45) is 0.200. The second-order valence-electron chi connectivity index (χ2n) is 6.16. The minimum Gasteiger partial charge on any atom is -0.434 e. The highest BCUT2D eigenvalue weighted by Crippen LogP contribution is 2.37. The van der Waals surface area contributed by atoms with E-state index in [4.69, 9.17) is 17.3 Å². The molecule has 3 N–H and O–H groups in total. The van der Waals surface area contributed by atoms with Crippen molar-refractivity contribution < 1.29 is 22.7 Å². The zero-order chi connectivity index (χ0) is 21.0. The van der Waals surface area contributed by atoms with Gasteiger partial charge < -0.3 is 15.8 Å². The number of ether oxygens (including phenoxy) is 1. The molecule has 0 saturated carbocycles. The number of alkyl halides is 2. The molecule has 3 aromatic rings. The van der Waals surface area contributed by atoms with Gasteiger partial charge in [0.1, 0.15) is 11.6 Å². The van der Waals surface area contributed by atoms with Gasteiger partial charge in [0.25, 0.3) is 0 Å². The summed E-state index contributed by atoms with van der Waals surface area (Å²) in [5, 5.41) is 2.77. The van der Waals surface area contributed by atoms with Gasteiger partial charge in [-0.15, -0.1) is 0 Å². The van der Waals surface area contributed by atoms with Crippen LogP contribution in [0, 0.1) is 5.82 Å². The van der Waals surface area contributed by atoms with Crippen molar-refractivity contribution in [2.75, 3.05) is 5.32 Å². The molecule has 0 aliphatic rings. The average molecular weight is 421 g/mol. The van der Waals surface area contributed by atoms with Crippen molar-refractivity contribution in [3.05, 3.63) is 82.6 Å². The molecule has 0 unspecified atom stereocenters. The van der Waals surface area contributed by atoms with E-state index in [1.807, 2.05) is 0 Å². The van der Waals surface area contributed by atoms with Crippen LogP contribution < -0.4 is 15.8 Å². The molecule has 3 rings (SSSR count). The van der Waals surface area contributed by atoms with E-state index >= 15 is 4.39 Å². The van der Waals surface area contributed by atoms with E-state index in [1.165, 1.54) is 18.2 Å². The van der Waals surface area contributed by atoms with E-state index in [2.05, 4.69) is 10.1 Å². The normalized spacial score (nSPS) is 10.8. The molecule has 150 valence electrons. The lowest BCUT2D eigenvalue weighted by Gasteiger charge is -2.15. The number of amides is 2. The number of nitrogens with two attached hydrogens (primary N) is 1. The van der Waals surface area contributed by atoms with Crippen LogP contribution in [0.2, 0.25) is 5.02 Å². The third kappa shape index (κ3) is 5.20. The Morgan fingerprint density at radius 3 is 2.45 bits per heavy atom. The molecule has 4 nitrogen and oxygen atoms in total. The molecule has 29 heavy (non-hydrogen) atoms. The summed E-state index contributed by atoms with van der Waals surface area (Å²) in [5.41, 5.74) is 6.84. The van der Waals surface area contributed by atoms with Gasteiger partial charge in [-0.3, -0.25) is 0 Å². The second kappa shape index (κ2) is 8.87. The molecule has 0 spiro atoms. The van der Waals surface area contributed by atoms with Crippen LogP contribution in [0.4, 0.5) is 23.7 Å². The largest absolute Gasteiger partial charge is 0.434 e. The van der Waals surface area contributed by atoms with Crippen LogP contribution in [0.3, 0.4) is 0 Å².